The Labute approximate surface area is 163 Å². The molecule has 0 unspecified atom stereocenters. The first-order valence-electron chi connectivity index (χ1n) is 10.1. The van der Waals surface area contributed by atoms with Crippen molar-refractivity contribution in [2.75, 3.05) is 0 Å². The third kappa shape index (κ3) is 4.82. The largest absolute Gasteiger partial charge is 0.507 e. The molecule has 0 amide bonds. The van der Waals surface area contributed by atoms with Crippen molar-refractivity contribution in [2.45, 2.75) is 83.5 Å². The lowest BCUT2D eigenvalue weighted by atomic mass is 9.90. The minimum absolute atomic E-state index is 0.0153. The summed E-state index contributed by atoms with van der Waals surface area (Å²) in [5.74, 6) is 0.176. The molecule has 150 valence electrons. The maximum absolute atomic E-state index is 12.5. The van der Waals surface area contributed by atoms with E-state index in [1.807, 2.05) is 19.1 Å². The molecule has 2 aromatic rings. The zero-order valence-corrected chi connectivity index (χ0v) is 17.5. The molecule has 0 aromatic heterocycles. The van der Waals surface area contributed by atoms with Crippen LogP contribution in [0.1, 0.15) is 76.0 Å². The average molecular weight is 393 g/mol. The second-order valence-electron chi connectivity index (χ2n) is 7.26. The topological polar surface area (TPSA) is 74.6 Å². The van der Waals surface area contributed by atoms with E-state index in [-0.39, 0.29) is 10.6 Å². The van der Waals surface area contributed by atoms with Crippen LogP contribution in [-0.2, 0) is 29.4 Å². The van der Waals surface area contributed by atoms with Crippen molar-refractivity contribution in [3.63, 3.8) is 0 Å². The van der Waals surface area contributed by atoms with E-state index >= 15 is 0 Å². The van der Waals surface area contributed by atoms with Gasteiger partial charge in [-0.2, -0.15) is 8.42 Å². The van der Waals surface area contributed by atoms with E-state index in [4.69, 9.17) is 0 Å². The highest BCUT2D eigenvalue weighted by Crippen LogP contribution is 2.41. The lowest BCUT2D eigenvalue weighted by molar-refractivity contribution is 0.469. The van der Waals surface area contributed by atoms with Gasteiger partial charge in [0.1, 0.15) is 10.6 Å². The van der Waals surface area contributed by atoms with E-state index in [1.54, 1.807) is 6.07 Å². The number of hydrogen-bond donors (Lipinski definition) is 2. The van der Waals surface area contributed by atoms with Gasteiger partial charge in [0.15, 0.2) is 0 Å². The molecule has 2 N–H and O–H groups in total. The lowest BCUT2D eigenvalue weighted by Gasteiger charge is -2.20. The van der Waals surface area contributed by atoms with Gasteiger partial charge in [0.25, 0.3) is 10.1 Å². The molecule has 5 heteroatoms. The first kappa shape index (κ1) is 21.7. The molecular weight excluding hydrogens is 360 g/mol. The third-order valence-corrected chi connectivity index (χ3v) is 6.14. The number of phenolic OH excluding ortho intramolecular Hbond substituents is 1. The van der Waals surface area contributed by atoms with Crippen molar-refractivity contribution in [3.8, 4) is 5.75 Å². The fourth-order valence-electron chi connectivity index (χ4n) is 3.76. The van der Waals surface area contributed by atoms with E-state index < -0.39 is 10.1 Å². The van der Waals surface area contributed by atoms with Crippen LogP contribution in [0.25, 0.3) is 10.8 Å². The van der Waals surface area contributed by atoms with Gasteiger partial charge in [-0.25, -0.2) is 0 Å². The van der Waals surface area contributed by atoms with E-state index in [9.17, 15) is 18.1 Å². The Hall–Kier alpha value is -1.59. The molecule has 0 aliphatic rings. The van der Waals surface area contributed by atoms with Gasteiger partial charge in [0.2, 0.25) is 0 Å². The summed E-state index contributed by atoms with van der Waals surface area (Å²) in [6.07, 6.45) is 7.30. The lowest BCUT2D eigenvalue weighted by Crippen LogP contribution is -2.10. The summed E-state index contributed by atoms with van der Waals surface area (Å²) in [7, 11) is -4.41. The number of unbranched alkanes of at least 4 members (excludes halogenated alkanes) is 3. The Morgan fingerprint density at radius 2 is 1.41 bits per heavy atom. The second kappa shape index (κ2) is 9.56. The summed E-state index contributed by atoms with van der Waals surface area (Å²) in [4.78, 5) is 0.0153. The fraction of sp³-hybridized carbons (Fsp3) is 0.545. The van der Waals surface area contributed by atoms with Crippen LogP contribution in [0.15, 0.2) is 23.1 Å². The van der Waals surface area contributed by atoms with Gasteiger partial charge in [0.05, 0.1) is 0 Å². The van der Waals surface area contributed by atoms with Gasteiger partial charge < -0.3 is 5.11 Å². The van der Waals surface area contributed by atoms with Crippen LogP contribution in [0.4, 0.5) is 0 Å². The Morgan fingerprint density at radius 3 is 1.96 bits per heavy atom. The highest BCUT2D eigenvalue weighted by molar-refractivity contribution is 7.86. The van der Waals surface area contributed by atoms with Gasteiger partial charge in [-0.1, -0.05) is 58.2 Å². The van der Waals surface area contributed by atoms with Gasteiger partial charge in [-0.05, 0) is 55.2 Å². The van der Waals surface area contributed by atoms with E-state index in [1.165, 1.54) is 0 Å². The first-order valence-corrected chi connectivity index (χ1v) is 11.6. The van der Waals surface area contributed by atoms with E-state index in [2.05, 4.69) is 13.8 Å². The predicted octanol–water partition coefficient (Wildman–Crippen LogP) is 5.82. The number of rotatable bonds is 10. The number of benzene rings is 2. The maximum Gasteiger partial charge on any atom is 0.295 e. The monoisotopic (exact) mass is 392 g/mol. The quantitative estimate of drug-likeness (QED) is 0.500. The molecule has 0 atom stereocenters. The minimum atomic E-state index is -4.41. The van der Waals surface area contributed by atoms with Gasteiger partial charge in [0, 0.05) is 10.8 Å². The number of aryl methyl sites for hydroxylation is 1. The van der Waals surface area contributed by atoms with Crippen molar-refractivity contribution in [2.24, 2.45) is 0 Å². The van der Waals surface area contributed by atoms with Crippen LogP contribution in [0.3, 0.4) is 0 Å². The smallest absolute Gasteiger partial charge is 0.295 e. The number of aromatic hydroxyl groups is 1. The number of phenols is 1. The Bertz CT molecular complexity index is 885. The molecule has 0 saturated heterocycles. The molecule has 0 aliphatic carbocycles. The van der Waals surface area contributed by atoms with Crippen molar-refractivity contribution >= 4 is 20.9 Å². The summed E-state index contributed by atoms with van der Waals surface area (Å²) in [6, 6.07) is 5.52. The number of fused-ring (bicyclic) bond motifs is 1. The van der Waals surface area contributed by atoms with Gasteiger partial charge in [-0.15, -0.1) is 0 Å². The van der Waals surface area contributed by atoms with Crippen LogP contribution in [0.5, 0.6) is 5.75 Å². The highest BCUT2D eigenvalue weighted by atomic mass is 32.2. The standard InChI is InChI=1S/C22H32O4S/c1-4-7-11-16-12-10-15-19-20(16)22(27(24,25)26)18(14-9-6-3)17(21(19)23)13-8-5-2/h10,12,15,23H,4-9,11,13-14H2,1-3H3,(H,24,25,26). The molecule has 2 rings (SSSR count). The molecule has 0 saturated carbocycles. The summed E-state index contributed by atoms with van der Waals surface area (Å²) < 4.78 is 35.1. The third-order valence-electron chi connectivity index (χ3n) is 5.18. The van der Waals surface area contributed by atoms with Crippen LogP contribution >= 0.6 is 0 Å². The first-order chi connectivity index (χ1) is 12.9. The van der Waals surface area contributed by atoms with Crippen LogP contribution < -0.4 is 0 Å². The average Bonchev–Trinajstić information content (AvgIpc) is 2.63. The molecular formula is C22H32O4S. The summed E-state index contributed by atoms with van der Waals surface area (Å²) >= 11 is 0. The predicted molar refractivity (Wildman–Crippen MR) is 111 cm³/mol. The minimum Gasteiger partial charge on any atom is -0.507 e. The molecule has 0 bridgehead atoms. The molecule has 0 heterocycles. The maximum atomic E-state index is 12.5. The zero-order valence-electron chi connectivity index (χ0n) is 16.7. The van der Waals surface area contributed by atoms with Crippen LogP contribution in [-0.4, -0.2) is 18.1 Å². The molecule has 2 aromatic carbocycles. The summed E-state index contributed by atoms with van der Waals surface area (Å²) in [5.41, 5.74) is 2.15. The number of hydrogen-bond acceptors (Lipinski definition) is 3. The SMILES string of the molecule is CCCCc1c(CCCC)c(S(=O)(=O)O)c2c(CCCC)cccc2c1O. The Balaban J connectivity index is 2.92. The second-order valence-corrected chi connectivity index (χ2v) is 8.62. The Morgan fingerprint density at radius 1 is 0.852 bits per heavy atom. The van der Waals surface area contributed by atoms with Crippen molar-refractivity contribution in [1.82, 2.24) is 0 Å². The summed E-state index contributed by atoms with van der Waals surface area (Å²) in [6.45, 7) is 6.20. The Kier molecular flexibility index (Phi) is 7.68. The molecule has 0 spiro atoms. The highest BCUT2D eigenvalue weighted by Gasteiger charge is 2.27. The van der Waals surface area contributed by atoms with Gasteiger partial charge >= 0.3 is 0 Å². The van der Waals surface area contributed by atoms with E-state index in [0.29, 0.717) is 34.7 Å². The normalized spacial score (nSPS) is 12.0. The van der Waals surface area contributed by atoms with Crippen molar-refractivity contribution in [1.29, 1.82) is 0 Å². The zero-order chi connectivity index (χ0) is 20.0. The van der Waals surface area contributed by atoms with Crippen LogP contribution in [0.2, 0.25) is 0 Å². The van der Waals surface area contributed by atoms with Crippen molar-refractivity contribution < 1.29 is 18.1 Å². The van der Waals surface area contributed by atoms with Crippen molar-refractivity contribution in [3.05, 3.63) is 34.9 Å². The molecule has 0 aliphatic heterocycles. The van der Waals surface area contributed by atoms with Gasteiger partial charge in [-0.3, -0.25) is 4.55 Å². The molecule has 0 fully saturated rings. The molecule has 27 heavy (non-hydrogen) atoms. The molecule has 0 radical (unpaired) electrons. The fourth-order valence-corrected chi connectivity index (χ4v) is 4.80. The van der Waals surface area contributed by atoms with Crippen LogP contribution in [0, 0.1) is 0 Å². The molecule has 4 nitrogen and oxygen atoms in total. The summed E-state index contributed by atoms with van der Waals surface area (Å²) in [5, 5.41) is 12.0. The van der Waals surface area contributed by atoms with E-state index in [0.717, 1.165) is 50.5 Å².